The van der Waals surface area contributed by atoms with Crippen LogP contribution < -0.4 is 10.1 Å². The van der Waals surface area contributed by atoms with Crippen LogP contribution in [0.1, 0.15) is 40.6 Å². The fourth-order valence-corrected chi connectivity index (χ4v) is 4.68. The number of carbonyl (C=O) groups excluding carboxylic acids is 1. The summed E-state index contributed by atoms with van der Waals surface area (Å²) in [6.07, 6.45) is 8.55. The van der Waals surface area contributed by atoms with Crippen molar-refractivity contribution in [2.75, 3.05) is 19.0 Å². The molecule has 4 heterocycles. The number of anilines is 2. The van der Waals surface area contributed by atoms with Crippen LogP contribution >= 0.6 is 0 Å². The van der Waals surface area contributed by atoms with Gasteiger partial charge in [0.05, 0.1) is 36.9 Å². The zero-order valence-corrected chi connectivity index (χ0v) is 18.9. The van der Waals surface area contributed by atoms with Gasteiger partial charge in [-0.15, -0.1) is 0 Å². The van der Waals surface area contributed by atoms with Gasteiger partial charge in [0.25, 0.3) is 5.91 Å². The Bertz CT molecular complexity index is 1300. The highest BCUT2D eigenvalue weighted by Crippen LogP contribution is 2.35. The van der Waals surface area contributed by atoms with E-state index in [-0.39, 0.29) is 11.9 Å². The number of methoxy groups -OCH3 is 1. The van der Waals surface area contributed by atoms with E-state index in [1.54, 1.807) is 31.9 Å². The molecule has 1 atom stereocenters. The summed E-state index contributed by atoms with van der Waals surface area (Å²) >= 11 is 0. The van der Waals surface area contributed by atoms with E-state index in [4.69, 9.17) is 4.74 Å². The van der Waals surface area contributed by atoms with E-state index in [0.29, 0.717) is 11.5 Å². The number of pyridine rings is 1. The number of aromatic nitrogens is 4. The fraction of sp³-hybridized carbons (Fsp3) is 0.280. The Morgan fingerprint density at radius 3 is 2.76 bits per heavy atom. The van der Waals surface area contributed by atoms with Gasteiger partial charge >= 0.3 is 0 Å². The van der Waals surface area contributed by atoms with Gasteiger partial charge in [0.1, 0.15) is 17.3 Å². The van der Waals surface area contributed by atoms with E-state index in [0.717, 1.165) is 53.0 Å². The lowest BCUT2D eigenvalue weighted by Gasteiger charge is -2.25. The van der Waals surface area contributed by atoms with Crippen LogP contribution in [-0.4, -0.2) is 44.0 Å². The Kier molecular flexibility index (Phi) is 5.42. The van der Waals surface area contributed by atoms with Crippen LogP contribution in [0.3, 0.4) is 0 Å². The second kappa shape index (κ2) is 8.54. The second-order valence-electron chi connectivity index (χ2n) is 8.26. The molecular formula is C25H26N6O2. The summed E-state index contributed by atoms with van der Waals surface area (Å²) in [6.45, 7) is 2.72. The molecular weight excluding hydrogens is 416 g/mol. The van der Waals surface area contributed by atoms with Crippen molar-refractivity contribution in [2.45, 2.75) is 25.8 Å². The number of fused-ring (bicyclic) bond motifs is 1. The molecule has 5 rings (SSSR count). The topological polar surface area (TPSA) is 85.2 Å². The monoisotopic (exact) mass is 442 g/mol. The van der Waals surface area contributed by atoms with Gasteiger partial charge < -0.3 is 19.5 Å². The van der Waals surface area contributed by atoms with E-state index in [1.165, 1.54) is 0 Å². The first-order valence-corrected chi connectivity index (χ1v) is 11.0. The summed E-state index contributed by atoms with van der Waals surface area (Å²) in [6, 6.07) is 9.82. The Labute approximate surface area is 192 Å². The smallest absolute Gasteiger partial charge is 0.271 e. The maximum absolute atomic E-state index is 13.7. The largest absolute Gasteiger partial charge is 0.497 e. The minimum atomic E-state index is -0.0463. The number of nitrogens with one attached hydrogen (secondary N) is 1. The number of hydrogen-bond donors (Lipinski definition) is 1. The Hall–Kier alpha value is -3.94. The Morgan fingerprint density at radius 1 is 1.15 bits per heavy atom. The molecule has 1 fully saturated rings. The van der Waals surface area contributed by atoms with Gasteiger partial charge in [-0.1, -0.05) is 0 Å². The van der Waals surface area contributed by atoms with E-state index >= 15 is 0 Å². The third-order valence-corrected chi connectivity index (χ3v) is 6.34. The summed E-state index contributed by atoms with van der Waals surface area (Å²) in [5.41, 5.74) is 4.42. The van der Waals surface area contributed by atoms with E-state index in [2.05, 4.69) is 20.3 Å². The summed E-state index contributed by atoms with van der Waals surface area (Å²) in [7, 11) is 3.60. The highest BCUT2D eigenvalue weighted by molar-refractivity contribution is 6.02. The fourth-order valence-electron chi connectivity index (χ4n) is 4.68. The third kappa shape index (κ3) is 3.77. The number of ether oxygens (including phenoxy) is 1. The molecule has 168 valence electrons. The molecule has 1 amide bonds. The Morgan fingerprint density at radius 2 is 2.03 bits per heavy atom. The van der Waals surface area contributed by atoms with Crippen LogP contribution in [0.25, 0.3) is 10.9 Å². The van der Waals surface area contributed by atoms with Gasteiger partial charge in [-0.3, -0.25) is 14.8 Å². The molecule has 1 aliphatic rings. The van der Waals surface area contributed by atoms with Crippen LogP contribution in [0.5, 0.6) is 5.75 Å². The van der Waals surface area contributed by atoms with Crippen LogP contribution in [-0.2, 0) is 7.05 Å². The quantitative estimate of drug-likeness (QED) is 0.493. The zero-order chi connectivity index (χ0) is 22.9. The third-order valence-electron chi connectivity index (χ3n) is 6.34. The summed E-state index contributed by atoms with van der Waals surface area (Å²) in [5, 5.41) is 4.23. The van der Waals surface area contributed by atoms with Crippen molar-refractivity contribution in [2.24, 2.45) is 7.05 Å². The Balaban J connectivity index is 1.41. The molecule has 1 aliphatic heterocycles. The van der Waals surface area contributed by atoms with Crippen molar-refractivity contribution >= 4 is 28.3 Å². The van der Waals surface area contributed by atoms with Crippen molar-refractivity contribution in [1.29, 1.82) is 0 Å². The molecule has 1 saturated heterocycles. The number of amides is 1. The van der Waals surface area contributed by atoms with Crippen molar-refractivity contribution in [3.63, 3.8) is 0 Å². The number of rotatable bonds is 5. The first-order chi connectivity index (χ1) is 16.1. The lowest BCUT2D eigenvalue weighted by atomic mass is 10.1. The van der Waals surface area contributed by atoms with Gasteiger partial charge in [-0.25, -0.2) is 4.98 Å². The van der Waals surface area contributed by atoms with Crippen LogP contribution in [0.4, 0.5) is 11.5 Å². The molecule has 4 aromatic rings. The summed E-state index contributed by atoms with van der Waals surface area (Å²) in [5.74, 6) is 1.48. The predicted octanol–water partition coefficient (Wildman–Crippen LogP) is 4.40. The molecule has 8 nitrogen and oxygen atoms in total. The SMILES string of the molecule is COc1ccc2c(c1)c(C)c(C(=O)N1CCC[C@H]1c1ccc(Nc3cnccn3)cn1)n2C. The molecule has 0 unspecified atom stereocenters. The first kappa shape index (κ1) is 20.9. The van der Waals surface area contributed by atoms with Crippen molar-refractivity contribution < 1.29 is 9.53 Å². The van der Waals surface area contributed by atoms with Crippen LogP contribution in [0.2, 0.25) is 0 Å². The number of nitrogens with zero attached hydrogens (tertiary/aromatic N) is 5. The van der Waals surface area contributed by atoms with E-state index < -0.39 is 0 Å². The number of carbonyl (C=O) groups is 1. The minimum absolute atomic E-state index is 0.0382. The van der Waals surface area contributed by atoms with Crippen molar-refractivity contribution in [1.82, 2.24) is 24.4 Å². The molecule has 3 aromatic heterocycles. The minimum Gasteiger partial charge on any atom is -0.497 e. The predicted molar refractivity (Wildman–Crippen MR) is 127 cm³/mol. The van der Waals surface area contributed by atoms with Crippen LogP contribution in [0, 0.1) is 6.92 Å². The number of benzene rings is 1. The van der Waals surface area contributed by atoms with Gasteiger partial charge in [0, 0.05) is 36.9 Å². The molecule has 0 spiro atoms. The average molecular weight is 443 g/mol. The molecule has 0 bridgehead atoms. The zero-order valence-electron chi connectivity index (χ0n) is 18.9. The summed E-state index contributed by atoms with van der Waals surface area (Å²) < 4.78 is 7.37. The van der Waals surface area contributed by atoms with Gasteiger partial charge in [0.2, 0.25) is 0 Å². The highest BCUT2D eigenvalue weighted by atomic mass is 16.5. The number of likely N-dealkylation sites (tertiary alicyclic amines) is 1. The van der Waals surface area contributed by atoms with Gasteiger partial charge in [-0.05, 0) is 55.7 Å². The maximum atomic E-state index is 13.7. The van der Waals surface area contributed by atoms with Crippen molar-refractivity contribution in [3.05, 3.63) is 72.1 Å². The molecule has 33 heavy (non-hydrogen) atoms. The van der Waals surface area contributed by atoms with E-state index in [1.807, 2.05) is 53.8 Å². The molecule has 0 aliphatic carbocycles. The average Bonchev–Trinajstić information content (AvgIpc) is 3.43. The van der Waals surface area contributed by atoms with Gasteiger partial charge in [-0.2, -0.15) is 0 Å². The molecule has 0 radical (unpaired) electrons. The summed E-state index contributed by atoms with van der Waals surface area (Å²) in [4.78, 5) is 28.6. The normalized spacial score (nSPS) is 15.7. The van der Waals surface area contributed by atoms with E-state index in [9.17, 15) is 4.79 Å². The standard InChI is InChI=1S/C25H26N6O2/c1-16-19-13-18(33-3)7-9-21(19)30(2)24(16)25(32)31-12-4-5-22(31)20-8-6-17(14-28-20)29-23-15-26-10-11-27-23/h6-11,13-15,22H,4-5,12H2,1-3H3,(H,27,29)/t22-/m0/s1. The molecule has 1 aromatic carbocycles. The number of hydrogen-bond acceptors (Lipinski definition) is 6. The molecule has 0 saturated carbocycles. The molecule has 1 N–H and O–H groups in total. The lowest BCUT2D eigenvalue weighted by molar-refractivity contribution is 0.0723. The lowest BCUT2D eigenvalue weighted by Crippen LogP contribution is -2.32. The second-order valence-corrected chi connectivity index (χ2v) is 8.26. The maximum Gasteiger partial charge on any atom is 0.271 e. The number of aryl methyl sites for hydroxylation is 2. The highest BCUT2D eigenvalue weighted by Gasteiger charge is 2.34. The van der Waals surface area contributed by atoms with Gasteiger partial charge in [0.15, 0.2) is 0 Å². The van der Waals surface area contributed by atoms with Crippen LogP contribution in [0.15, 0.2) is 55.1 Å². The molecule has 8 heteroatoms. The van der Waals surface area contributed by atoms with Crippen molar-refractivity contribution in [3.8, 4) is 5.75 Å². The first-order valence-electron chi connectivity index (χ1n) is 11.0.